The largest absolute Gasteiger partial charge is 0.339 e. The van der Waals surface area contributed by atoms with E-state index in [2.05, 4.69) is 27.1 Å². The van der Waals surface area contributed by atoms with Crippen LogP contribution in [0.3, 0.4) is 0 Å². The number of hydrogen-bond donors (Lipinski definition) is 1. The Hall–Kier alpha value is -1.53. The Morgan fingerprint density at radius 1 is 1.37 bits per heavy atom. The Kier molecular flexibility index (Phi) is 3.44. The Labute approximate surface area is 117 Å². The van der Waals surface area contributed by atoms with Crippen molar-refractivity contribution < 1.29 is 0 Å². The Bertz CT molecular complexity index is 645. The van der Waals surface area contributed by atoms with E-state index < -0.39 is 0 Å². The first-order valence-electron chi connectivity index (χ1n) is 6.61. The molecule has 3 heterocycles. The summed E-state index contributed by atoms with van der Waals surface area (Å²) in [5.74, 6) is 0.803. The number of pyridine rings is 1. The molecule has 0 bridgehead atoms. The Balaban J connectivity index is 2.04. The van der Waals surface area contributed by atoms with E-state index in [1.54, 1.807) is 0 Å². The molecule has 1 aliphatic heterocycles. The van der Waals surface area contributed by atoms with Gasteiger partial charge in [-0.3, -0.25) is 0 Å². The molecule has 5 nitrogen and oxygen atoms in total. The zero-order valence-corrected chi connectivity index (χ0v) is 11.8. The van der Waals surface area contributed by atoms with Crippen molar-refractivity contribution in [3.05, 3.63) is 23.1 Å². The van der Waals surface area contributed by atoms with Gasteiger partial charge in [0.25, 0.3) is 0 Å². The second-order valence-electron chi connectivity index (χ2n) is 4.61. The van der Waals surface area contributed by atoms with Crippen LogP contribution < -0.4 is 10.2 Å². The number of aryl methyl sites for hydroxylation is 1. The van der Waals surface area contributed by atoms with Crippen molar-refractivity contribution in [3.8, 4) is 0 Å². The van der Waals surface area contributed by atoms with Gasteiger partial charge in [0.05, 0.1) is 10.9 Å². The summed E-state index contributed by atoms with van der Waals surface area (Å²) in [7, 11) is 0. The third kappa shape index (κ3) is 2.33. The van der Waals surface area contributed by atoms with Gasteiger partial charge in [-0.1, -0.05) is 12.2 Å². The molecule has 0 spiro atoms. The number of hydrogen-bond acceptors (Lipinski definition) is 5. The van der Waals surface area contributed by atoms with Gasteiger partial charge in [0.15, 0.2) is 0 Å². The van der Waals surface area contributed by atoms with Crippen LogP contribution >= 0.6 is 12.2 Å². The van der Waals surface area contributed by atoms with Gasteiger partial charge in [-0.2, -0.15) is 0 Å². The minimum Gasteiger partial charge on any atom is -0.339 e. The molecule has 100 valence electrons. The minimum atomic E-state index is 0.803. The molecular formula is C13H17N5S. The van der Waals surface area contributed by atoms with Crippen molar-refractivity contribution in [2.24, 2.45) is 0 Å². The summed E-state index contributed by atoms with van der Waals surface area (Å²) in [5.41, 5.74) is 0.929. The summed E-state index contributed by atoms with van der Waals surface area (Å²) in [6.45, 7) is 6.82. The van der Waals surface area contributed by atoms with E-state index in [0.717, 1.165) is 54.2 Å². The molecule has 1 N–H and O–H groups in total. The van der Waals surface area contributed by atoms with Crippen LogP contribution in [0.4, 0.5) is 5.95 Å². The molecule has 2 aromatic heterocycles. The maximum Gasteiger partial charge on any atom is 0.225 e. The monoisotopic (exact) mass is 275 g/mol. The highest BCUT2D eigenvalue weighted by atomic mass is 32.1. The van der Waals surface area contributed by atoms with Gasteiger partial charge >= 0.3 is 0 Å². The Morgan fingerprint density at radius 2 is 2.16 bits per heavy atom. The number of anilines is 1. The molecule has 0 aromatic carbocycles. The molecule has 6 heteroatoms. The summed E-state index contributed by atoms with van der Waals surface area (Å²) < 4.78 is 2.85. The van der Waals surface area contributed by atoms with Crippen LogP contribution in [0, 0.1) is 4.64 Å². The zero-order valence-electron chi connectivity index (χ0n) is 11.0. The molecule has 19 heavy (non-hydrogen) atoms. The van der Waals surface area contributed by atoms with Crippen molar-refractivity contribution >= 4 is 29.1 Å². The number of rotatable bonds is 2. The molecule has 0 radical (unpaired) electrons. The summed E-state index contributed by atoms with van der Waals surface area (Å²) in [6, 6.07) is 2.02. The molecule has 1 aliphatic rings. The van der Waals surface area contributed by atoms with Crippen molar-refractivity contribution in [2.45, 2.75) is 13.5 Å². The minimum absolute atomic E-state index is 0.803. The molecule has 3 rings (SSSR count). The van der Waals surface area contributed by atoms with Crippen molar-refractivity contribution in [1.29, 1.82) is 0 Å². The van der Waals surface area contributed by atoms with Crippen molar-refractivity contribution in [3.63, 3.8) is 0 Å². The molecule has 1 saturated heterocycles. The lowest BCUT2D eigenvalue weighted by Crippen LogP contribution is -2.44. The SMILES string of the molecule is CCn1ccc2nc(N3CCNCC3)ncc2c1=S. The second-order valence-corrected chi connectivity index (χ2v) is 5.00. The molecule has 0 amide bonds. The third-order valence-electron chi connectivity index (χ3n) is 3.45. The summed E-state index contributed by atoms with van der Waals surface area (Å²) in [5, 5.41) is 4.29. The summed E-state index contributed by atoms with van der Waals surface area (Å²) in [6.07, 6.45) is 3.85. The van der Waals surface area contributed by atoms with Crippen molar-refractivity contribution in [2.75, 3.05) is 31.1 Å². The van der Waals surface area contributed by atoms with Crippen molar-refractivity contribution in [1.82, 2.24) is 19.9 Å². The number of nitrogens with one attached hydrogen (secondary N) is 1. The van der Waals surface area contributed by atoms with Gasteiger partial charge in [-0.15, -0.1) is 0 Å². The quantitative estimate of drug-likeness (QED) is 0.843. The van der Waals surface area contributed by atoms with E-state index in [1.165, 1.54) is 0 Å². The predicted molar refractivity (Wildman–Crippen MR) is 79.1 cm³/mol. The van der Waals surface area contributed by atoms with Gasteiger partial charge < -0.3 is 14.8 Å². The number of fused-ring (bicyclic) bond motifs is 1. The highest BCUT2D eigenvalue weighted by molar-refractivity contribution is 7.71. The fourth-order valence-electron chi connectivity index (χ4n) is 2.33. The topological polar surface area (TPSA) is 46.0 Å². The first-order valence-corrected chi connectivity index (χ1v) is 7.02. The number of aromatic nitrogens is 3. The van der Waals surface area contributed by atoms with E-state index >= 15 is 0 Å². The maximum absolute atomic E-state index is 5.45. The van der Waals surface area contributed by atoms with Gasteiger partial charge in [-0.05, 0) is 13.0 Å². The lowest BCUT2D eigenvalue weighted by molar-refractivity contribution is 0.580. The van der Waals surface area contributed by atoms with Crippen LogP contribution in [0.25, 0.3) is 10.9 Å². The second kappa shape index (κ2) is 5.22. The van der Waals surface area contributed by atoms with Crippen LogP contribution in [0.15, 0.2) is 18.5 Å². The first kappa shape index (κ1) is 12.5. The van der Waals surface area contributed by atoms with E-state index in [-0.39, 0.29) is 0 Å². The van der Waals surface area contributed by atoms with Crippen LogP contribution in [0.2, 0.25) is 0 Å². The normalized spacial score (nSPS) is 15.9. The van der Waals surface area contributed by atoms with E-state index in [1.807, 2.05) is 23.0 Å². The molecular weight excluding hydrogens is 258 g/mol. The predicted octanol–water partition coefficient (Wildman–Crippen LogP) is 1.59. The third-order valence-corrected chi connectivity index (χ3v) is 3.90. The van der Waals surface area contributed by atoms with E-state index in [9.17, 15) is 0 Å². The van der Waals surface area contributed by atoms with Crippen LogP contribution in [0.1, 0.15) is 6.92 Å². The van der Waals surface area contributed by atoms with Crippen LogP contribution in [-0.4, -0.2) is 40.7 Å². The zero-order chi connectivity index (χ0) is 13.2. The smallest absolute Gasteiger partial charge is 0.225 e. The van der Waals surface area contributed by atoms with Crippen LogP contribution in [0.5, 0.6) is 0 Å². The molecule has 0 saturated carbocycles. The molecule has 0 atom stereocenters. The molecule has 0 unspecified atom stereocenters. The van der Waals surface area contributed by atoms with Gasteiger partial charge in [0.2, 0.25) is 5.95 Å². The molecule has 2 aromatic rings. The van der Waals surface area contributed by atoms with Gasteiger partial charge in [0.1, 0.15) is 4.64 Å². The van der Waals surface area contributed by atoms with Gasteiger partial charge in [-0.25, -0.2) is 9.97 Å². The Morgan fingerprint density at radius 3 is 2.89 bits per heavy atom. The average Bonchev–Trinajstić information content (AvgIpc) is 2.48. The summed E-state index contributed by atoms with van der Waals surface area (Å²) in [4.78, 5) is 11.3. The fourth-order valence-corrected chi connectivity index (χ4v) is 2.67. The first-order chi connectivity index (χ1) is 9.29. The highest BCUT2D eigenvalue weighted by Gasteiger charge is 2.13. The highest BCUT2D eigenvalue weighted by Crippen LogP contribution is 2.16. The van der Waals surface area contributed by atoms with Gasteiger partial charge in [0, 0.05) is 45.1 Å². The van der Waals surface area contributed by atoms with E-state index in [4.69, 9.17) is 12.2 Å². The molecule has 0 aliphatic carbocycles. The lowest BCUT2D eigenvalue weighted by Gasteiger charge is -2.27. The number of piperazine rings is 1. The molecule has 1 fully saturated rings. The summed E-state index contributed by atoms with van der Waals surface area (Å²) >= 11 is 5.45. The standard InChI is InChI=1S/C13H17N5S/c1-2-17-6-3-11-10(12(17)19)9-15-13(16-11)18-7-4-14-5-8-18/h3,6,9,14H,2,4-5,7-8H2,1H3. The number of nitrogens with zero attached hydrogens (tertiary/aromatic N) is 4. The maximum atomic E-state index is 5.45. The average molecular weight is 275 g/mol. The fraction of sp³-hybridized carbons (Fsp3) is 0.462. The lowest BCUT2D eigenvalue weighted by atomic mass is 10.3. The van der Waals surface area contributed by atoms with E-state index in [0.29, 0.717) is 0 Å². The van der Waals surface area contributed by atoms with Crippen LogP contribution in [-0.2, 0) is 6.54 Å².